The van der Waals surface area contributed by atoms with Crippen LogP contribution in [0.4, 0.5) is 0 Å². The lowest BCUT2D eigenvalue weighted by Gasteiger charge is -2.27. The topological polar surface area (TPSA) is 95.0 Å². The molecule has 0 aromatic heterocycles. The quantitative estimate of drug-likeness (QED) is 0.813. The maximum absolute atomic E-state index is 13.0. The van der Waals surface area contributed by atoms with Gasteiger partial charge in [0.05, 0.1) is 4.90 Å². The van der Waals surface area contributed by atoms with Crippen molar-refractivity contribution in [2.45, 2.75) is 50.0 Å². The highest BCUT2D eigenvalue weighted by Crippen LogP contribution is 2.29. The van der Waals surface area contributed by atoms with Crippen LogP contribution < -0.4 is 0 Å². The smallest absolute Gasteiger partial charge is 0.323 e. The summed E-state index contributed by atoms with van der Waals surface area (Å²) in [5.41, 5.74) is 0.808. The molecule has 1 saturated heterocycles. The van der Waals surface area contributed by atoms with Crippen molar-refractivity contribution in [2.75, 3.05) is 19.6 Å². The molecule has 1 heterocycles. The Kier molecular flexibility index (Phi) is 5.34. The molecule has 1 aromatic rings. The molecule has 0 bridgehead atoms. The minimum absolute atomic E-state index is 0.0675. The molecule has 0 radical (unpaired) electrons. The van der Waals surface area contributed by atoms with Crippen LogP contribution >= 0.6 is 0 Å². The van der Waals surface area contributed by atoms with Crippen molar-refractivity contribution < 1.29 is 23.1 Å². The fourth-order valence-electron chi connectivity index (χ4n) is 3.32. The second kappa shape index (κ2) is 7.36. The van der Waals surface area contributed by atoms with Gasteiger partial charge in [-0.1, -0.05) is 12.5 Å². The highest BCUT2D eigenvalue weighted by molar-refractivity contribution is 7.89. The molecule has 1 aliphatic heterocycles. The third kappa shape index (κ3) is 3.91. The van der Waals surface area contributed by atoms with E-state index in [1.54, 1.807) is 19.1 Å². The zero-order chi connectivity index (χ0) is 18.9. The number of sulfonamides is 1. The Labute approximate surface area is 153 Å². The molecule has 2 aliphatic rings. The van der Waals surface area contributed by atoms with Gasteiger partial charge in [-0.05, 0) is 50.3 Å². The van der Waals surface area contributed by atoms with Gasteiger partial charge in [-0.3, -0.25) is 9.59 Å². The minimum Gasteiger partial charge on any atom is -0.480 e. The number of hydrogen-bond donors (Lipinski definition) is 1. The number of aliphatic carboxylic acids is 1. The van der Waals surface area contributed by atoms with Gasteiger partial charge in [0, 0.05) is 24.7 Å². The number of carbonyl (C=O) groups is 2. The van der Waals surface area contributed by atoms with E-state index in [0.29, 0.717) is 18.7 Å². The predicted octanol–water partition coefficient (Wildman–Crippen LogP) is 1.86. The lowest BCUT2D eigenvalue weighted by molar-refractivity contribution is -0.137. The molecule has 1 aromatic carbocycles. The molecule has 1 saturated carbocycles. The van der Waals surface area contributed by atoms with Gasteiger partial charge in [0.1, 0.15) is 6.54 Å². The number of nitrogens with zero attached hydrogens (tertiary/aromatic N) is 2. The number of rotatable bonds is 6. The maximum atomic E-state index is 13.0. The largest absolute Gasteiger partial charge is 0.480 e. The van der Waals surface area contributed by atoms with Crippen LogP contribution in [0.5, 0.6) is 0 Å². The van der Waals surface area contributed by atoms with Gasteiger partial charge in [0.2, 0.25) is 10.0 Å². The van der Waals surface area contributed by atoms with E-state index in [9.17, 15) is 18.0 Å². The Morgan fingerprint density at radius 3 is 2.42 bits per heavy atom. The first-order chi connectivity index (χ1) is 12.3. The van der Waals surface area contributed by atoms with Crippen molar-refractivity contribution in [3.05, 3.63) is 29.3 Å². The van der Waals surface area contributed by atoms with E-state index in [1.165, 1.54) is 15.3 Å². The molecule has 0 spiro atoms. The molecule has 26 heavy (non-hydrogen) atoms. The number of amides is 1. The van der Waals surface area contributed by atoms with E-state index in [0.717, 1.165) is 32.1 Å². The SMILES string of the molecule is Cc1ccc(C(=O)N(CC(=O)O)C2CC2)cc1S(=O)(=O)N1CCCCC1. The first-order valence-electron chi connectivity index (χ1n) is 8.94. The monoisotopic (exact) mass is 380 g/mol. The summed E-state index contributed by atoms with van der Waals surface area (Å²) in [6, 6.07) is 4.53. The summed E-state index contributed by atoms with van der Waals surface area (Å²) >= 11 is 0. The highest BCUT2D eigenvalue weighted by atomic mass is 32.2. The molecular weight excluding hydrogens is 356 g/mol. The lowest BCUT2D eigenvalue weighted by atomic mass is 10.1. The van der Waals surface area contributed by atoms with E-state index in [4.69, 9.17) is 5.11 Å². The number of aryl methyl sites for hydroxylation is 1. The van der Waals surface area contributed by atoms with E-state index >= 15 is 0 Å². The summed E-state index contributed by atoms with van der Waals surface area (Å²) in [5, 5.41) is 9.06. The third-order valence-electron chi connectivity index (χ3n) is 4.92. The van der Waals surface area contributed by atoms with Crippen LogP contribution in [0.15, 0.2) is 23.1 Å². The third-order valence-corrected chi connectivity index (χ3v) is 6.96. The van der Waals surface area contributed by atoms with Crippen LogP contribution in [0, 0.1) is 6.92 Å². The number of carboxylic acid groups (broad SMARTS) is 1. The summed E-state index contributed by atoms with van der Waals surface area (Å²) in [6.07, 6.45) is 4.26. The Bertz CT molecular complexity index is 811. The molecule has 0 unspecified atom stereocenters. The van der Waals surface area contributed by atoms with E-state index < -0.39 is 21.9 Å². The zero-order valence-corrected chi connectivity index (χ0v) is 15.7. The normalized spacial score (nSPS) is 18.5. The summed E-state index contributed by atoms with van der Waals surface area (Å²) in [4.78, 5) is 25.3. The van der Waals surface area contributed by atoms with Crippen molar-refractivity contribution in [3.63, 3.8) is 0 Å². The molecular formula is C18H24N2O5S. The Morgan fingerprint density at radius 2 is 1.85 bits per heavy atom. The van der Waals surface area contributed by atoms with Crippen molar-refractivity contribution in [1.82, 2.24) is 9.21 Å². The number of piperidine rings is 1. The summed E-state index contributed by atoms with van der Waals surface area (Å²) in [5.74, 6) is -1.50. The standard InChI is InChI=1S/C18H24N2O5S/c1-13-5-6-14(18(23)20(12-17(21)22)15-7-8-15)11-16(13)26(24,25)19-9-3-2-4-10-19/h5-6,11,15H,2-4,7-10,12H2,1H3,(H,21,22). The lowest BCUT2D eigenvalue weighted by Crippen LogP contribution is -2.38. The molecule has 1 amide bonds. The van der Waals surface area contributed by atoms with Crippen molar-refractivity contribution in [3.8, 4) is 0 Å². The van der Waals surface area contributed by atoms with Gasteiger partial charge in [-0.15, -0.1) is 0 Å². The van der Waals surface area contributed by atoms with Crippen LogP contribution in [-0.4, -0.2) is 60.3 Å². The van der Waals surface area contributed by atoms with Crippen molar-refractivity contribution >= 4 is 21.9 Å². The van der Waals surface area contributed by atoms with Gasteiger partial charge >= 0.3 is 5.97 Å². The first-order valence-corrected chi connectivity index (χ1v) is 10.4. The summed E-state index contributed by atoms with van der Waals surface area (Å²) in [7, 11) is -3.66. The van der Waals surface area contributed by atoms with Gasteiger partial charge in [-0.2, -0.15) is 4.31 Å². The van der Waals surface area contributed by atoms with Gasteiger partial charge in [0.15, 0.2) is 0 Å². The number of hydrogen-bond acceptors (Lipinski definition) is 4. The van der Waals surface area contributed by atoms with Crippen molar-refractivity contribution in [2.24, 2.45) is 0 Å². The maximum Gasteiger partial charge on any atom is 0.323 e. The summed E-state index contributed by atoms with van der Waals surface area (Å²) < 4.78 is 27.4. The second-order valence-electron chi connectivity index (χ2n) is 7.00. The fraction of sp³-hybridized carbons (Fsp3) is 0.556. The molecule has 1 N–H and O–H groups in total. The Hall–Kier alpha value is -1.93. The number of benzene rings is 1. The van der Waals surface area contributed by atoms with Crippen LogP contribution in [0.25, 0.3) is 0 Å². The average molecular weight is 380 g/mol. The average Bonchev–Trinajstić information content (AvgIpc) is 3.45. The zero-order valence-electron chi connectivity index (χ0n) is 14.8. The fourth-order valence-corrected chi connectivity index (χ4v) is 5.09. The molecule has 7 nitrogen and oxygen atoms in total. The molecule has 1 aliphatic carbocycles. The van der Waals surface area contributed by atoms with E-state index in [1.807, 2.05) is 0 Å². The molecule has 8 heteroatoms. The van der Waals surface area contributed by atoms with Gasteiger partial charge < -0.3 is 10.0 Å². The Morgan fingerprint density at radius 1 is 1.19 bits per heavy atom. The molecule has 142 valence electrons. The van der Waals surface area contributed by atoms with Crippen LogP contribution in [0.2, 0.25) is 0 Å². The predicted molar refractivity (Wildman–Crippen MR) is 95.5 cm³/mol. The number of carbonyl (C=O) groups excluding carboxylic acids is 1. The molecule has 2 fully saturated rings. The van der Waals surface area contributed by atoms with Crippen LogP contribution in [0.1, 0.15) is 48.0 Å². The highest BCUT2D eigenvalue weighted by Gasteiger charge is 2.35. The van der Waals surface area contributed by atoms with Crippen LogP contribution in [-0.2, 0) is 14.8 Å². The molecule has 0 atom stereocenters. The van der Waals surface area contributed by atoms with Crippen molar-refractivity contribution in [1.29, 1.82) is 0 Å². The minimum atomic E-state index is -3.66. The van der Waals surface area contributed by atoms with E-state index in [2.05, 4.69) is 0 Å². The summed E-state index contributed by atoms with van der Waals surface area (Å²) in [6.45, 7) is 2.33. The number of carboxylic acids is 1. The van der Waals surface area contributed by atoms with Gasteiger partial charge in [-0.25, -0.2) is 8.42 Å². The molecule has 3 rings (SSSR count). The first kappa shape index (κ1) is 18.8. The Balaban J connectivity index is 1.91. The van der Waals surface area contributed by atoms with Gasteiger partial charge in [0.25, 0.3) is 5.91 Å². The van der Waals surface area contributed by atoms with Crippen LogP contribution in [0.3, 0.4) is 0 Å². The van der Waals surface area contributed by atoms with E-state index in [-0.39, 0.29) is 23.0 Å². The second-order valence-corrected chi connectivity index (χ2v) is 8.91.